The zero-order chi connectivity index (χ0) is 16.6. The van der Waals surface area contributed by atoms with Gasteiger partial charge in [-0.25, -0.2) is 4.98 Å². The molecule has 0 N–H and O–H groups in total. The third-order valence-electron chi connectivity index (χ3n) is 4.13. The predicted octanol–water partition coefficient (Wildman–Crippen LogP) is 4.38. The number of aliphatic imine (C=N–C) groups is 1. The molecule has 0 saturated heterocycles. The molecule has 2 aromatic rings. The van der Waals surface area contributed by atoms with E-state index in [0.29, 0.717) is 27.7 Å². The molecule has 0 bridgehead atoms. The van der Waals surface area contributed by atoms with E-state index in [9.17, 15) is 10.5 Å². The Morgan fingerprint density at radius 1 is 1.17 bits per heavy atom. The van der Waals surface area contributed by atoms with E-state index in [1.807, 2.05) is 30.3 Å². The fourth-order valence-electron chi connectivity index (χ4n) is 3.01. The number of nitriles is 2. The monoisotopic (exact) mass is 320 g/mol. The first-order valence-corrected chi connectivity index (χ1v) is 7.55. The van der Waals surface area contributed by atoms with Gasteiger partial charge in [-0.05, 0) is 26.0 Å². The van der Waals surface area contributed by atoms with Crippen molar-refractivity contribution in [2.45, 2.75) is 19.8 Å². The zero-order valence-electron chi connectivity index (χ0n) is 12.7. The first-order valence-electron chi connectivity index (χ1n) is 7.17. The summed E-state index contributed by atoms with van der Waals surface area (Å²) in [7, 11) is 0. The minimum absolute atomic E-state index is 0.323. The minimum atomic E-state index is -0.520. The number of allylic oxidation sites excluding steroid dienone is 2. The van der Waals surface area contributed by atoms with Crippen molar-refractivity contribution in [3.8, 4) is 12.1 Å². The van der Waals surface area contributed by atoms with Crippen molar-refractivity contribution in [1.29, 1.82) is 10.5 Å². The molecule has 0 amide bonds. The Bertz CT molecular complexity index is 944. The van der Waals surface area contributed by atoms with E-state index >= 15 is 0 Å². The van der Waals surface area contributed by atoms with Crippen molar-refractivity contribution in [2.75, 3.05) is 0 Å². The van der Waals surface area contributed by atoms with Gasteiger partial charge in [0.2, 0.25) is 0 Å². The van der Waals surface area contributed by atoms with Gasteiger partial charge in [0.1, 0.15) is 5.15 Å². The number of halogens is 1. The van der Waals surface area contributed by atoms with E-state index in [-0.39, 0.29) is 0 Å². The van der Waals surface area contributed by atoms with Crippen LogP contribution in [0.1, 0.15) is 25.3 Å². The number of aromatic nitrogens is 1. The highest BCUT2D eigenvalue weighted by molar-refractivity contribution is 6.30. The van der Waals surface area contributed by atoms with Crippen LogP contribution in [0.5, 0.6) is 0 Å². The molecule has 5 heteroatoms. The molecule has 112 valence electrons. The summed E-state index contributed by atoms with van der Waals surface area (Å²) in [6, 6.07) is 14.0. The van der Waals surface area contributed by atoms with Crippen LogP contribution in [0, 0.1) is 28.6 Å². The van der Waals surface area contributed by atoms with E-state index < -0.39 is 11.8 Å². The molecule has 2 heterocycles. The van der Waals surface area contributed by atoms with Crippen LogP contribution >= 0.6 is 11.6 Å². The van der Waals surface area contributed by atoms with E-state index in [2.05, 4.69) is 22.1 Å². The Hall–Kier alpha value is -2.69. The summed E-state index contributed by atoms with van der Waals surface area (Å²) in [6.07, 6.45) is 0. The summed E-state index contributed by atoms with van der Waals surface area (Å²) in [5, 5.41) is 20.4. The molecule has 1 aliphatic heterocycles. The Kier molecular flexibility index (Phi) is 3.86. The van der Waals surface area contributed by atoms with E-state index in [4.69, 9.17) is 11.6 Å². The van der Waals surface area contributed by atoms with E-state index in [0.717, 1.165) is 10.9 Å². The van der Waals surface area contributed by atoms with Crippen molar-refractivity contribution in [3.63, 3.8) is 0 Å². The Labute approximate surface area is 139 Å². The lowest BCUT2D eigenvalue weighted by atomic mass is 9.77. The van der Waals surface area contributed by atoms with Crippen LogP contribution in [-0.2, 0) is 0 Å². The maximum absolute atomic E-state index is 9.57. The van der Waals surface area contributed by atoms with Gasteiger partial charge >= 0.3 is 0 Å². The molecule has 0 fully saturated rings. The molecule has 4 nitrogen and oxygen atoms in total. The van der Waals surface area contributed by atoms with Crippen LogP contribution in [0.3, 0.4) is 0 Å². The van der Waals surface area contributed by atoms with Gasteiger partial charge in [0, 0.05) is 22.6 Å². The van der Waals surface area contributed by atoms with Crippen molar-refractivity contribution >= 4 is 28.2 Å². The molecule has 23 heavy (non-hydrogen) atoms. The fraction of sp³-hybridized carbons (Fsp3) is 0.222. The van der Waals surface area contributed by atoms with Gasteiger partial charge in [-0.1, -0.05) is 29.8 Å². The fourth-order valence-corrected chi connectivity index (χ4v) is 3.27. The third-order valence-corrected chi connectivity index (χ3v) is 4.43. The van der Waals surface area contributed by atoms with Crippen molar-refractivity contribution < 1.29 is 0 Å². The topological polar surface area (TPSA) is 72.8 Å². The highest BCUT2D eigenvalue weighted by Crippen LogP contribution is 2.41. The maximum Gasteiger partial charge on any atom is 0.133 e. The highest BCUT2D eigenvalue weighted by atomic mass is 35.5. The lowest BCUT2D eigenvalue weighted by Crippen LogP contribution is -2.25. The van der Waals surface area contributed by atoms with Gasteiger partial charge in [0.25, 0.3) is 0 Å². The maximum atomic E-state index is 9.57. The number of hydrogen-bond acceptors (Lipinski definition) is 4. The lowest BCUT2D eigenvalue weighted by Gasteiger charge is -2.27. The van der Waals surface area contributed by atoms with Gasteiger partial charge in [-0.2, -0.15) is 10.5 Å². The second-order valence-corrected chi connectivity index (χ2v) is 5.87. The molecule has 1 aromatic carbocycles. The van der Waals surface area contributed by atoms with Crippen molar-refractivity contribution in [1.82, 2.24) is 4.98 Å². The van der Waals surface area contributed by atoms with Crippen LogP contribution in [-0.4, -0.2) is 10.7 Å². The molecular weight excluding hydrogens is 308 g/mol. The number of para-hydroxylation sites is 1. The summed E-state index contributed by atoms with van der Waals surface area (Å²) in [4.78, 5) is 8.77. The number of pyridine rings is 1. The number of hydrogen-bond donors (Lipinski definition) is 0. The summed E-state index contributed by atoms with van der Waals surface area (Å²) < 4.78 is 0. The molecule has 3 rings (SSSR count). The van der Waals surface area contributed by atoms with Crippen LogP contribution < -0.4 is 0 Å². The predicted molar refractivity (Wildman–Crippen MR) is 90.0 cm³/mol. The molecule has 2 atom stereocenters. The van der Waals surface area contributed by atoms with Gasteiger partial charge in [0.05, 0.1) is 34.8 Å². The standard InChI is InChI=1S/C18H13ClN4/c1-10-14(8-20)17(15(9-21)11(2)22-10)13-7-12-5-3-4-6-16(12)23-18(13)19/h3-7,14,17H,1-2H3/t14?,17-/m0/s1. The van der Waals surface area contributed by atoms with Gasteiger partial charge < -0.3 is 0 Å². The smallest absolute Gasteiger partial charge is 0.133 e. The molecule has 1 aliphatic rings. The zero-order valence-corrected chi connectivity index (χ0v) is 13.5. The average Bonchev–Trinajstić information content (AvgIpc) is 2.53. The number of fused-ring (bicyclic) bond motifs is 1. The third kappa shape index (κ3) is 2.48. The van der Waals surface area contributed by atoms with Gasteiger partial charge in [0.15, 0.2) is 0 Å². The normalized spacial score (nSPS) is 20.8. The lowest BCUT2D eigenvalue weighted by molar-refractivity contribution is 0.702. The quantitative estimate of drug-likeness (QED) is 0.732. The number of rotatable bonds is 1. The van der Waals surface area contributed by atoms with Gasteiger partial charge in [-0.15, -0.1) is 0 Å². The summed E-state index contributed by atoms with van der Waals surface area (Å²) in [6.45, 7) is 3.59. The molecule has 0 aliphatic carbocycles. The van der Waals surface area contributed by atoms with E-state index in [1.54, 1.807) is 13.8 Å². The largest absolute Gasteiger partial charge is 0.260 e. The van der Waals surface area contributed by atoms with E-state index in [1.165, 1.54) is 0 Å². The Morgan fingerprint density at radius 3 is 2.61 bits per heavy atom. The minimum Gasteiger partial charge on any atom is -0.260 e. The molecule has 0 spiro atoms. The molecule has 0 radical (unpaired) electrons. The van der Waals surface area contributed by atoms with Gasteiger partial charge in [-0.3, -0.25) is 4.99 Å². The summed E-state index contributed by atoms with van der Waals surface area (Å²) >= 11 is 6.38. The molecule has 1 aromatic heterocycles. The van der Waals surface area contributed by atoms with Crippen LogP contribution in [0.25, 0.3) is 10.9 Å². The number of benzene rings is 1. The van der Waals surface area contributed by atoms with Crippen LogP contribution in [0.4, 0.5) is 0 Å². The Morgan fingerprint density at radius 2 is 1.91 bits per heavy atom. The first kappa shape index (κ1) is 15.2. The molecule has 1 unspecified atom stereocenters. The summed E-state index contributed by atoms with van der Waals surface area (Å²) in [5.41, 5.74) is 3.28. The second kappa shape index (κ2) is 5.83. The SMILES string of the molecule is CC1=NC(C)=C(C#N)[C@@H](c2cc3ccccc3nc2Cl)C1C#N. The summed E-state index contributed by atoms with van der Waals surface area (Å²) in [5.74, 6) is -0.957. The molecule has 0 saturated carbocycles. The van der Waals surface area contributed by atoms with Crippen LogP contribution in [0.15, 0.2) is 46.6 Å². The van der Waals surface area contributed by atoms with Crippen molar-refractivity contribution in [3.05, 3.63) is 52.3 Å². The molecular formula is C18H13ClN4. The van der Waals surface area contributed by atoms with Crippen molar-refractivity contribution in [2.24, 2.45) is 10.9 Å². The first-order chi connectivity index (χ1) is 11.1. The number of nitrogens with zero attached hydrogens (tertiary/aromatic N) is 4. The Balaban J connectivity index is 2.27. The van der Waals surface area contributed by atoms with Crippen LogP contribution in [0.2, 0.25) is 5.15 Å². The highest BCUT2D eigenvalue weighted by Gasteiger charge is 2.35. The second-order valence-electron chi connectivity index (χ2n) is 5.51. The average molecular weight is 321 g/mol.